The lowest BCUT2D eigenvalue weighted by Gasteiger charge is -2.36. The van der Waals surface area contributed by atoms with E-state index in [-0.39, 0.29) is 0 Å². The van der Waals surface area contributed by atoms with Gasteiger partial charge in [-0.1, -0.05) is 94.1 Å². The predicted molar refractivity (Wildman–Crippen MR) is 125 cm³/mol. The van der Waals surface area contributed by atoms with Gasteiger partial charge in [0.15, 0.2) is 5.79 Å². The molecule has 0 N–H and O–H groups in total. The molecule has 2 heteroatoms. The van der Waals surface area contributed by atoms with E-state index in [1.54, 1.807) is 0 Å². The second-order valence-corrected chi connectivity index (χ2v) is 8.54. The minimum atomic E-state index is -0.413. The lowest BCUT2D eigenvalue weighted by atomic mass is 9.78. The molecule has 0 bridgehead atoms. The summed E-state index contributed by atoms with van der Waals surface area (Å²) in [6.45, 7) is 7.91. The maximum absolute atomic E-state index is 6.30. The first-order valence-electron chi connectivity index (χ1n) is 12.2. The van der Waals surface area contributed by atoms with Crippen molar-refractivity contribution in [3.63, 3.8) is 0 Å². The smallest absolute Gasteiger partial charge is 0.168 e. The van der Waals surface area contributed by atoms with Crippen molar-refractivity contribution in [1.29, 1.82) is 0 Å². The molecular weight excluding hydrogens is 356 g/mol. The Morgan fingerprint density at radius 3 is 1.62 bits per heavy atom. The van der Waals surface area contributed by atoms with Crippen LogP contribution in [0, 0.1) is 17.8 Å². The maximum Gasteiger partial charge on any atom is 0.168 e. The molecule has 164 valence electrons. The minimum Gasteiger partial charge on any atom is -0.350 e. The number of rotatable bonds is 17. The zero-order valence-corrected chi connectivity index (χ0v) is 19.2. The van der Waals surface area contributed by atoms with Crippen LogP contribution in [0.5, 0.6) is 0 Å². The molecule has 0 saturated heterocycles. The van der Waals surface area contributed by atoms with E-state index in [2.05, 4.69) is 69.4 Å². The first kappa shape index (κ1) is 24.2. The minimum absolute atomic E-state index is 0.413. The lowest BCUT2D eigenvalue weighted by molar-refractivity contribution is -0.243. The highest BCUT2D eigenvalue weighted by Crippen LogP contribution is 2.38. The number of allylic oxidation sites excluding steroid dienone is 8. The molecule has 0 aromatic heterocycles. The lowest BCUT2D eigenvalue weighted by Crippen LogP contribution is -2.37. The Balaban J connectivity index is 1.92. The molecule has 0 saturated carbocycles. The van der Waals surface area contributed by atoms with Gasteiger partial charge in [0, 0.05) is 26.1 Å². The van der Waals surface area contributed by atoms with Crippen molar-refractivity contribution in [2.45, 2.75) is 90.8 Å². The van der Waals surface area contributed by atoms with Crippen LogP contribution >= 0.6 is 0 Å². The van der Waals surface area contributed by atoms with Gasteiger partial charge in [-0.2, -0.15) is 0 Å². The first-order chi connectivity index (χ1) is 14.2. The summed E-state index contributed by atoms with van der Waals surface area (Å²) in [5.74, 6) is 1.21. The Kier molecular flexibility index (Phi) is 11.6. The van der Waals surface area contributed by atoms with Gasteiger partial charge < -0.3 is 9.47 Å². The number of ether oxygens (including phenoxy) is 2. The fourth-order valence-corrected chi connectivity index (χ4v) is 4.83. The van der Waals surface area contributed by atoms with Gasteiger partial charge in [0.1, 0.15) is 0 Å². The van der Waals surface area contributed by atoms with Gasteiger partial charge in [0.25, 0.3) is 0 Å². The Hall–Kier alpha value is -1.12. The summed E-state index contributed by atoms with van der Waals surface area (Å²) in [5.41, 5.74) is 0. The van der Waals surface area contributed by atoms with Gasteiger partial charge in [-0.15, -0.1) is 0 Å². The molecular formula is C27H44O2. The van der Waals surface area contributed by atoms with Crippen molar-refractivity contribution in [3.8, 4) is 0 Å². The summed E-state index contributed by atoms with van der Waals surface area (Å²) in [7, 11) is 0. The fraction of sp³-hybridized carbons (Fsp3) is 0.704. The Morgan fingerprint density at radius 1 is 0.655 bits per heavy atom. The molecule has 0 aromatic carbocycles. The van der Waals surface area contributed by atoms with Crippen LogP contribution in [0.4, 0.5) is 0 Å². The van der Waals surface area contributed by atoms with E-state index in [0.717, 1.165) is 19.3 Å². The topological polar surface area (TPSA) is 18.5 Å². The van der Waals surface area contributed by atoms with Crippen LogP contribution in [0.1, 0.15) is 85.0 Å². The molecule has 0 fully saturated rings. The summed E-state index contributed by atoms with van der Waals surface area (Å²) in [6.07, 6.45) is 30.5. The van der Waals surface area contributed by atoms with E-state index in [1.165, 1.54) is 44.9 Å². The number of hydrogen-bond donors (Lipinski definition) is 0. The van der Waals surface area contributed by atoms with Crippen LogP contribution in [-0.4, -0.2) is 19.0 Å². The summed E-state index contributed by atoms with van der Waals surface area (Å²) in [4.78, 5) is 0. The van der Waals surface area contributed by atoms with E-state index < -0.39 is 5.79 Å². The third kappa shape index (κ3) is 8.26. The summed E-state index contributed by atoms with van der Waals surface area (Å²) < 4.78 is 12.6. The Bertz CT molecular complexity index is 485. The molecule has 0 radical (unpaired) electrons. The second kappa shape index (κ2) is 14.0. The van der Waals surface area contributed by atoms with Gasteiger partial charge >= 0.3 is 0 Å². The van der Waals surface area contributed by atoms with Crippen molar-refractivity contribution in [1.82, 2.24) is 0 Å². The van der Waals surface area contributed by atoms with Gasteiger partial charge in [-0.25, -0.2) is 0 Å². The van der Waals surface area contributed by atoms with Crippen molar-refractivity contribution < 1.29 is 9.47 Å². The third-order valence-corrected chi connectivity index (χ3v) is 6.38. The van der Waals surface area contributed by atoms with Gasteiger partial charge in [0.2, 0.25) is 0 Å². The quantitative estimate of drug-likeness (QED) is 0.183. The maximum atomic E-state index is 6.30. The second-order valence-electron chi connectivity index (χ2n) is 8.54. The van der Waals surface area contributed by atoms with Crippen LogP contribution < -0.4 is 0 Å². The average molecular weight is 401 g/mol. The van der Waals surface area contributed by atoms with Crippen LogP contribution in [-0.2, 0) is 9.47 Å². The molecule has 29 heavy (non-hydrogen) atoms. The van der Waals surface area contributed by atoms with E-state index in [4.69, 9.17) is 9.47 Å². The highest BCUT2D eigenvalue weighted by atomic mass is 16.7. The van der Waals surface area contributed by atoms with Crippen LogP contribution in [0.15, 0.2) is 48.6 Å². The van der Waals surface area contributed by atoms with Gasteiger partial charge in [0.05, 0.1) is 0 Å². The van der Waals surface area contributed by atoms with Crippen molar-refractivity contribution in [2.24, 2.45) is 17.8 Å². The molecule has 0 aliphatic heterocycles. The molecule has 2 aliphatic rings. The zero-order valence-electron chi connectivity index (χ0n) is 19.2. The van der Waals surface area contributed by atoms with Crippen molar-refractivity contribution >= 4 is 0 Å². The van der Waals surface area contributed by atoms with Crippen molar-refractivity contribution in [3.05, 3.63) is 48.6 Å². The van der Waals surface area contributed by atoms with Crippen LogP contribution in [0.3, 0.4) is 0 Å². The molecule has 0 heterocycles. The predicted octanol–water partition coefficient (Wildman–Crippen LogP) is 7.78. The zero-order chi connectivity index (χ0) is 20.8. The van der Waals surface area contributed by atoms with E-state index in [0.29, 0.717) is 31.0 Å². The summed E-state index contributed by atoms with van der Waals surface area (Å²) >= 11 is 0. The fourth-order valence-electron chi connectivity index (χ4n) is 4.83. The highest BCUT2D eigenvalue weighted by Gasteiger charge is 2.34. The summed E-state index contributed by atoms with van der Waals surface area (Å²) in [6, 6.07) is 0. The van der Waals surface area contributed by atoms with E-state index in [1.807, 2.05) is 0 Å². The standard InChI is InChI=1S/C27H44O2/c1-4-7-8-9-10-11-16-22-27(28-5-2,29-6-3)23-21-26(24-17-12-13-18-24)25-19-14-15-20-25/h12-15,17-20,24-26H,4-11,16,21-23H2,1-3H3. The number of hydrogen-bond acceptors (Lipinski definition) is 2. The normalized spacial score (nSPS) is 16.8. The Morgan fingerprint density at radius 2 is 1.14 bits per heavy atom. The van der Waals surface area contributed by atoms with Gasteiger partial charge in [-0.05, 0) is 44.4 Å². The van der Waals surface area contributed by atoms with E-state index >= 15 is 0 Å². The monoisotopic (exact) mass is 400 g/mol. The van der Waals surface area contributed by atoms with E-state index in [9.17, 15) is 0 Å². The number of unbranched alkanes of at least 4 members (excludes halogenated alkanes) is 6. The molecule has 0 unspecified atom stereocenters. The average Bonchev–Trinajstić information content (AvgIpc) is 3.43. The largest absolute Gasteiger partial charge is 0.350 e. The molecule has 0 aromatic rings. The molecule has 2 aliphatic carbocycles. The third-order valence-electron chi connectivity index (χ3n) is 6.38. The SMILES string of the molecule is CCCCCCCCCC(CCC(C1C=CC=C1)C1C=CC=C1)(OCC)OCC. The first-order valence-corrected chi connectivity index (χ1v) is 12.2. The Labute approximate surface area is 180 Å². The van der Waals surface area contributed by atoms with Crippen LogP contribution in [0.2, 0.25) is 0 Å². The van der Waals surface area contributed by atoms with Crippen molar-refractivity contribution in [2.75, 3.05) is 13.2 Å². The molecule has 0 spiro atoms. The summed E-state index contributed by atoms with van der Waals surface area (Å²) in [5, 5.41) is 0. The van der Waals surface area contributed by atoms with Gasteiger partial charge in [-0.3, -0.25) is 0 Å². The highest BCUT2D eigenvalue weighted by molar-refractivity contribution is 5.24. The molecule has 0 atom stereocenters. The van der Waals surface area contributed by atoms with Crippen LogP contribution in [0.25, 0.3) is 0 Å². The molecule has 2 rings (SSSR count). The molecule has 0 amide bonds. The molecule has 2 nitrogen and oxygen atoms in total.